The molecule has 0 saturated carbocycles. The number of nitrogens with one attached hydrogen (secondary N) is 2. The third-order valence-corrected chi connectivity index (χ3v) is 7.71. The number of amidine groups is 1. The maximum atomic E-state index is 13.7. The molecule has 1 atom stereocenters. The molecule has 1 saturated heterocycles. The molecule has 1 fully saturated rings. The number of benzene rings is 3. The SMILES string of the molecule is COc1ccc(NC(=O)C2=C(C)N=C3SCCCN3C2c2cccc(NC(=O)c3cccc(Cl)c3)c2)cc1. The summed E-state index contributed by atoms with van der Waals surface area (Å²) in [5.74, 6) is 1.22. The van der Waals surface area contributed by atoms with Crippen LogP contribution in [0.3, 0.4) is 0 Å². The van der Waals surface area contributed by atoms with Gasteiger partial charge in [-0.05, 0) is 73.5 Å². The van der Waals surface area contributed by atoms with Crippen LogP contribution in [0.2, 0.25) is 5.02 Å². The van der Waals surface area contributed by atoms with E-state index in [1.807, 2.05) is 43.3 Å². The largest absolute Gasteiger partial charge is 0.497 e. The summed E-state index contributed by atoms with van der Waals surface area (Å²) in [7, 11) is 1.60. The van der Waals surface area contributed by atoms with E-state index >= 15 is 0 Å². The number of carbonyl (C=O) groups is 2. The number of amides is 2. The Hall–Kier alpha value is -3.75. The van der Waals surface area contributed by atoms with Gasteiger partial charge in [-0.15, -0.1) is 0 Å². The predicted molar refractivity (Wildman–Crippen MR) is 154 cm³/mol. The van der Waals surface area contributed by atoms with Gasteiger partial charge < -0.3 is 20.3 Å². The van der Waals surface area contributed by atoms with Crippen LogP contribution in [0.5, 0.6) is 5.75 Å². The first-order valence-corrected chi connectivity index (χ1v) is 13.6. The normalized spacial score (nSPS) is 16.9. The molecule has 194 valence electrons. The van der Waals surface area contributed by atoms with E-state index in [1.165, 1.54) is 0 Å². The van der Waals surface area contributed by atoms with Crippen LogP contribution < -0.4 is 15.4 Å². The van der Waals surface area contributed by atoms with Crippen LogP contribution in [-0.4, -0.2) is 41.3 Å². The van der Waals surface area contributed by atoms with Gasteiger partial charge in [-0.2, -0.15) is 0 Å². The second-order valence-electron chi connectivity index (χ2n) is 8.96. The van der Waals surface area contributed by atoms with Crippen LogP contribution in [0.1, 0.15) is 35.3 Å². The van der Waals surface area contributed by atoms with E-state index in [9.17, 15) is 9.59 Å². The first-order chi connectivity index (χ1) is 18.4. The zero-order chi connectivity index (χ0) is 26.6. The highest BCUT2D eigenvalue weighted by molar-refractivity contribution is 8.13. The number of ether oxygens (including phenoxy) is 1. The molecule has 0 bridgehead atoms. The molecule has 2 heterocycles. The Labute approximate surface area is 230 Å². The Balaban J connectivity index is 1.47. The molecule has 38 heavy (non-hydrogen) atoms. The molecule has 9 heteroatoms. The summed E-state index contributed by atoms with van der Waals surface area (Å²) in [6.45, 7) is 2.66. The van der Waals surface area contributed by atoms with Crippen LogP contribution in [-0.2, 0) is 4.79 Å². The molecule has 1 unspecified atom stereocenters. The fraction of sp³-hybridized carbons (Fsp3) is 0.207. The Morgan fingerprint density at radius 1 is 1.00 bits per heavy atom. The van der Waals surface area contributed by atoms with Gasteiger partial charge in [-0.1, -0.05) is 41.6 Å². The minimum Gasteiger partial charge on any atom is -0.497 e. The summed E-state index contributed by atoms with van der Waals surface area (Å²) in [5.41, 5.74) is 3.91. The lowest BCUT2D eigenvalue weighted by Crippen LogP contribution is -2.43. The van der Waals surface area contributed by atoms with Crippen LogP contribution in [0.25, 0.3) is 0 Å². The highest BCUT2D eigenvalue weighted by atomic mass is 35.5. The molecule has 5 rings (SSSR count). The van der Waals surface area contributed by atoms with E-state index < -0.39 is 0 Å². The van der Waals surface area contributed by atoms with Gasteiger partial charge in [-0.25, -0.2) is 4.99 Å². The van der Waals surface area contributed by atoms with Crippen LogP contribution in [0.4, 0.5) is 11.4 Å². The Kier molecular flexibility index (Phi) is 7.72. The van der Waals surface area contributed by atoms with Crippen molar-refractivity contribution in [2.45, 2.75) is 19.4 Å². The van der Waals surface area contributed by atoms with Crippen molar-refractivity contribution in [2.24, 2.45) is 4.99 Å². The Morgan fingerprint density at radius 2 is 1.76 bits per heavy atom. The molecule has 2 N–H and O–H groups in total. The van der Waals surface area contributed by atoms with Gasteiger partial charge in [-0.3, -0.25) is 9.59 Å². The van der Waals surface area contributed by atoms with Crippen molar-refractivity contribution in [3.63, 3.8) is 0 Å². The fourth-order valence-corrected chi connectivity index (χ4v) is 5.81. The summed E-state index contributed by atoms with van der Waals surface area (Å²) in [4.78, 5) is 33.5. The number of nitrogens with zero attached hydrogens (tertiary/aromatic N) is 2. The molecule has 3 aromatic carbocycles. The fourth-order valence-electron chi connectivity index (χ4n) is 4.60. The average molecular weight is 547 g/mol. The summed E-state index contributed by atoms with van der Waals surface area (Å²) in [6, 6.07) is 21.3. The molecule has 0 aliphatic carbocycles. The van der Waals surface area contributed by atoms with E-state index in [1.54, 1.807) is 55.3 Å². The van der Waals surface area contributed by atoms with Gasteiger partial charge in [0.05, 0.1) is 24.4 Å². The van der Waals surface area contributed by atoms with Gasteiger partial charge >= 0.3 is 0 Å². The number of halogens is 1. The standard InChI is InChI=1S/C29H27ClN4O3S/c1-18-25(28(36)32-22-10-12-24(37-2)13-11-22)26(34-14-5-15-38-29(34)31-18)19-6-4-9-23(17-19)33-27(35)20-7-3-8-21(30)16-20/h3-4,6-13,16-17,26H,5,14-15H2,1-2H3,(H,32,36)(H,33,35). The van der Waals surface area contributed by atoms with Gasteiger partial charge in [0.2, 0.25) is 0 Å². The number of fused-ring (bicyclic) bond motifs is 1. The van der Waals surface area contributed by atoms with Crippen LogP contribution in [0, 0.1) is 0 Å². The predicted octanol–water partition coefficient (Wildman–Crippen LogP) is 6.36. The highest BCUT2D eigenvalue weighted by Gasteiger charge is 2.37. The first-order valence-electron chi connectivity index (χ1n) is 12.2. The molecule has 2 amide bonds. The minimum absolute atomic E-state index is 0.218. The van der Waals surface area contributed by atoms with Gasteiger partial charge in [0.1, 0.15) is 5.75 Å². The zero-order valence-electron chi connectivity index (χ0n) is 21.0. The van der Waals surface area contributed by atoms with Gasteiger partial charge in [0.25, 0.3) is 11.8 Å². The van der Waals surface area contributed by atoms with Gasteiger partial charge in [0.15, 0.2) is 5.17 Å². The van der Waals surface area contributed by atoms with E-state index in [4.69, 9.17) is 21.3 Å². The molecule has 2 aliphatic rings. The molecule has 0 spiro atoms. The lowest BCUT2D eigenvalue weighted by molar-refractivity contribution is -0.113. The van der Waals surface area contributed by atoms with Gasteiger partial charge in [0, 0.05) is 34.3 Å². The lowest BCUT2D eigenvalue weighted by atomic mass is 9.93. The van der Waals surface area contributed by atoms with E-state index in [2.05, 4.69) is 15.5 Å². The van der Waals surface area contributed by atoms with Crippen LogP contribution >= 0.6 is 23.4 Å². The third-order valence-electron chi connectivity index (χ3n) is 6.40. The summed E-state index contributed by atoms with van der Waals surface area (Å²) >= 11 is 7.77. The molecule has 0 aromatic heterocycles. The molecule has 0 radical (unpaired) electrons. The number of aliphatic imine (C=N–C) groups is 1. The topological polar surface area (TPSA) is 83.0 Å². The maximum absolute atomic E-state index is 13.7. The number of rotatable bonds is 6. The maximum Gasteiger partial charge on any atom is 0.255 e. The number of anilines is 2. The van der Waals surface area contributed by atoms with Crippen molar-refractivity contribution in [3.05, 3.63) is 100 Å². The van der Waals surface area contributed by atoms with Crippen molar-refractivity contribution < 1.29 is 14.3 Å². The molecule has 7 nitrogen and oxygen atoms in total. The molecule has 3 aromatic rings. The Bertz CT molecular complexity index is 1440. The average Bonchev–Trinajstić information content (AvgIpc) is 2.92. The van der Waals surface area contributed by atoms with Crippen molar-refractivity contribution in [1.29, 1.82) is 0 Å². The van der Waals surface area contributed by atoms with Crippen LogP contribution in [0.15, 0.2) is 89.1 Å². The number of carbonyl (C=O) groups excluding carboxylic acids is 2. The summed E-state index contributed by atoms with van der Waals surface area (Å²) < 4.78 is 5.23. The van der Waals surface area contributed by atoms with Crippen molar-refractivity contribution >= 4 is 51.7 Å². The van der Waals surface area contributed by atoms with E-state index in [-0.39, 0.29) is 17.9 Å². The number of thioether (sulfide) groups is 1. The first kappa shape index (κ1) is 25.9. The Morgan fingerprint density at radius 3 is 2.53 bits per heavy atom. The van der Waals surface area contributed by atoms with E-state index in [0.29, 0.717) is 39.0 Å². The molecular weight excluding hydrogens is 520 g/mol. The second kappa shape index (κ2) is 11.3. The highest BCUT2D eigenvalue weighted by Crippen LogP contribution is 2.40. The van der Waals surface area contributed by atoms with Crippen molar-refractivity contribution in [1.82, 2.24) is 4.90 Å². The lowest BCUT2D eigenvalue weighted by Gasteiger charge is -2.41. The third kappa shape index (κ3) is 5.56. The number of hydrogen-bond donors (Lipinski definition) is 2. The second-order valence-corrected chi connectivity index (χ2v) is 10.5. The van der Waals surface area contributed by atoms with Crippen molar-refractivity contribution in [2.75, 3.05) is 30.0 Å². The zero-order valence-corrected chi connectivity index (χ0v) is 22.6. The number of methoxy groups -OCH3 is 1. The smallest absolute Gasteiger partial charge is 0.255 e. The number of allylic oxidation sites excluding steroid dienone is 1. The molecular formula is C29H27ClN4O3S. The summed E-state index contributed by atoms with van der Waals surface area (Å²) in [5, 5.41) is 7.39. The molecule has 2 aliphatic heterocycles. The number of hydrogen-bond acceptors (Lipinski definition) is 6. The minimum atomic E-state index is -0.350. The van der Waals surface area contributed by atoms with Crippen molar-refractivity contribution in [3.8, 4) is 5.75 Å². The monoisotopic (exact) mass is 546 g/mol. The van der Waals surface area contributed by atoms with E-state index in [0.717, 1.165) is 29.4 Å². The quantitative estimate of drug-likeness (QED) is 0.376. The summed E-state index contributed by atoms with van der Waals surface area (Å²) in [6.07, 6.45) is 0.984.